The number of nitrogens with zero attached hydrogens (tertiary/aromatic N) is 1. The first-order valence-corrected chi connectivity index (χ1v) is 9.77. The van der Waals surface area contributed by atoms with Crippen molar-refractivity contribution in [1.29, 1.82) is 0 Å². The zero-order valence-electron chi connectivity index (χ0n) is 17.0. The average Bonchev–Trinajstić information content (AvgIpc) is 3.21. The molecule has 2 rings (SSSR count). The quantitative estimate of drug-likeness (QED) is 0.183. The van der Waals surface area contributed by atoms with Crippen molar-refractivity contribution in [2.24, 2.45) is 4.99 Å². The fraction of sp³-hybridized carbons (Fsp3) is 0.476. The van der Waals surface area contributed by atoms with Gasteiger partial charge in [-0.05, 0) is 49.6 Å². The molecule has 2 N–H and O–H groups in total. The van der Waals surface area contributed by atoms with Crippen LogP contribution in [0.4, 0.5) is 13.2 Å². The van der Waals surface area contributed by atoms with Gasteiger partial charge in [0.1, 0.15) is 5.76 Å². The van der Waals surface area contributed by atoms with Crippen LogP contribution in [0.5, 0.6) is 0 Å². The van der Waals surface area contributed by atoms with Crippen LogP contribution in [-0.4, -0.2) is 32.3 Å². The summed E-state index contributed by atoms with van der Waals surface area (Å²) in [6.45, 7) is 4.81. The van der Waals surface area contributed by atoms with E-state index in [-0.39, 0.29) is 30.5 Å². The van der Waals surface area contributed by atoms with Crippen LogP contribution >= 0.6 is 24.0 Å². The van der Waals surface area contributed by atoms with Gasteiger partial charge in [-0.1, -0.05) is 12.1 Å². The largest absolute Gasteiger partial charge is 0.469 e. The Balaban J connectivity index is 0.00000450. The first kappa shape index (κ1) is 26.3. The first-order valence-electron chi connectivity index (χ1n) is 9.77. The van der Waals surface area contributed by atoms with Crippen molar-refractivity contribution in [1.82, 2.24) is 10.6 Å². The minimum Gasteiger partial charge on any atom is -0.469 e. The summed E-state index contributed by atoms with van der Waals surface area (Å²) in [7, 11) is 0. The highest BCUT2D eigenvalue weighted by molar-refractivity contribution is 14.0. The molecule has 0 saturated heterocycles. The Hall–Kier alpha value is -1.75. The number of furan rings is 1. The molecule has 0 unspecified atom stereocenters. The van der Waals surface area contributed by atoms with Crippen molar-refractivity contribution in [3.05, 3.63) is 59.5 Å². The molecule has 30 heavy (non-hydrogen) atoms. The Bertz CT molecular complexity index is 737. The molecule has 1 heterocycles. The van der Waals surface area contributed by atoms with E-state index in [0.29, 0.717) is 44.2 Å². The molecular formula is C21H29F3IN3O2. The van der Waals surface area contributed by atoms with E-state index in [4.69, 9.17) is 9.15 Å². The number of benzene rings is 1. The number of aliphatic imine (C=N–C) groups is 1. The van der Waals surface area contributed by atoms with E-state index < -0.39 is 11.7 Å². The molecule has 5 nitrogen and oxygen atoms in total. The van der Waals surface area contributed by atoms with E-state index in [1.807, 2.05) is 19.1 Å². The lowest BCUT2D eigenvalue weighted by Gasteiger charge is -2.13. The first-order chi connectivity index (χ1) is 14.0. The van der Waals surface area contributed by atoms with Gasteiger partial charge in [-0.3, -0.25) is 0 Å². The zero-order valence-corrected chi connectivity index (χ0v) is 19.3. The molecule has 168 valence electrons. The van der Waals surface area contributed by atoms with Crippen molar-refractivity contribution in [2.45, 2.75) is 38.9 Å². The smallest absolute Gasteiger partial charge is 0.416 e. The molecule has 0 aliphatic carbocycles. The van der Waals surface area contributed by atoms with Gasteiger partial charge in [0.25, 0.3) is 0 Å². The maximum absolute atomic E-state index is 12.9. The number of unbranched alkanes of at least 4 members (excludes halogenated alkanes) is 1. The normalized spacial score (nSPS) is 11.8. The Morgan fingerprint density at radius 1 is 1.10 bits per heavy atom. The lowest BCUT2D eigenvalue weighted by Crippen LogP contribution is -2.39. The highest BCUT2D eigenvalue weighted by Crippen LogP contribution is 2.29. The number of halogens is 4. The van der Waals surface area contributed by atoms with E-state index in [1.54, 1.807) is 12.3 Å². The van der Waals surface area contributed by atoms with E-state index >= 15 is 0 Å². The highest BCUT2D eigenvalue weighted by Gasteiger charge is 2.30. The molecule has 2 aromatic rings. The number of ether oxygens (including phenoxy) is 1. The van der Waals surface area contributed by atoms with Crippen molar-refractivity contribution in [3.63, 3.8) is 0 Å². The molecule has 0 aliphatic heterocycles. The standard InChI is InChI=1S/C21H28F3N3O2.HI/c1-2-28-13-4-3-11-25-20(26-12-10-19-9-6-14-29-19)27-16-17-7-5-8-18(15-17)21(22,23)24;/h5-9,14-15H,2-4,10-13,16H2,1H3,(H2,25,26,27);1H. The fourth-order valence-corrected chi connectivity index (χ4v) is 2.63. The molecule has 9 heteroatoms. The van der Waals surface area contributed by atoms with E-state index in [1.165, 1.54) is 6.07 Å². The molecule has 0 saturated carbocycles. The molecule has 1 aromatic heterocycles. The zero-order chi connectivity index (χ0) is 21.0. The van der Waals surface area contributed by atoms with Gasteiger partial charge in [-0.25, -0.2) is 4.99 Å². The van der Waals surface area contributed by atoms with Gasteiger partial charge < -0.3 is 19.8 Å². The summed E-state index contributed by atoms with van der Waals surface area (Å²) in [5, 5.41) is 6.42. The van der Waals surface area contributed by atoms with E-state index in [9.17, 15) is 13.2 Å². The Kier molecular flexibility index (Phi) is 12.5. The van der Waals surface area contributed by atoms with Crippen molar-refractivity contribution in [3.8, 4) is 0 Å². The third-order valence-electron chi connectivity index (χ3n) is 4.13. The molecule has 0 amide bonds. The summed E-state index contributed by atoms with van der Waals surface area (Å²) in [5.41, 5.74) is -0.162. The van der Waals surface area contributed by atoms with Gasteiger partial charge in [0, 0.05) is 32.7 Å². The maximum Gasteiger partial charge on any atom is 0.416 e. The summed E-state index contributed by atoms with van der Waals surface area (Å²) < 4.78 is 49.3. The number of alkyl halides is 3. The Morgan fingerprint density at radius 2 is 1.90 bits per heavy atom. The topological polar surface area (TPSA) is 58.8 Å². The van der Waals surface area contributed by atoms with Crippen LogP contribution in [0, 0.1) is 0 Å². The van der Waals surface area contributed by atoms with Crippen LogP contribution in [-0.2, 0) is 23.9 Å². The van der Waals surface area contributed by atoms with Crippen molar-refractivity contribution in [2.75, 3.05) is 26.3 Å². The molecule has 0 spiro atoms. The monoisotopic (exact) mass is 539 g/mol. The second-order valence-electron chi connectivity index (χ2n) is 6.45. The molecular weight excluding hydrogens is 510 g/mol. The molecule has 0 bridgehead atoms. The SMILES string of the molecule is CCOCCCCNC(=NCc1cccc(C(F)(F)F)c1)NCCc1ccco1.I. The van der Waals surface area contributed by atoms with Crippen molar-refractivity contribution < 1.29 is 22.3 Å². The number of guanidine groups is 1. The molecule has 0 atom stereocenters. The van der Waals surface area contributed by atoms with Crippen LogP contribution in [0.1, 0.15) is 36.7 Å². The Morgan fingerprint density at radius 3 is 2.60 bits per heavy atom. The summed E-state index contributed by atoms with van der Waals surface area (Å²) in [6, 6.07) is 8.95. The predicted molar refractivity (Wildman–Crippen MR) is 122 cm³/mol. The molecule has 0 aliphatic rings. The van der Waals surface area contributed by atoms with E-state index in [2.05, 4.69) is 15.6 Å². The molecule has 0 radical (unpaired) electrons. The maximum atomic E-state index is 12.9. The third-order valence-corrected chi connectivity index (χ3v) is 4.13. The van der Waals surface area contributed by atoms with Crippen LogP contribution in [0.3, 0.4) is 0 Å². The van der Waals surface area contributed by atoms with Crippen LogP contribution in [0.2, 0.25) is 0 Å². The Labute approximate surface area is 192 Å². The van der Waals surface area contributed by atoms with Crippen LogP contribution in [0.25, 0.3) is 0 Å². The van der Waals surface area contributed by atoms with Gasteiger partial charge in [-0.15, -0.1) is 24.0 Å². The van der Waals surface area contributed by atoms with Gasteiger partial charge in [0.05, 0.1) is 18.4 Å². The van der Waals surface area contributed by atoms with Gasteiger partial charge in [-0.2, -0.15) is 13.2 Å². The highest BCUT2D eigenvalue weighted by atomic mass is 127. The number of rotatable bonds is 11. The minimum atomic E-state index is -4.36. The summed E-state index contributed by atoms with van der Waals surface area (Å²) in [6.07, 6.45) is -0.227. The number of hydrogen-bond acceptors (Lipinski definition) is 3. The second-order valence-corrected chi connectivity index (χ2v) is 6.45. The van der Waals surface area contributed by atoms with Gasteiger partial charge in [0.2, 0.25) is 0 Å². The number of nitrogens with one attached hydrogen (secondary N) is 2. The average molecular weight is 539 g/mol. The fourth-order valence-electron chi connectivity index (χ4n) is 2.63. The summed E-state index contributed by atoms with van der Waals surface area (Å²) in [5.74, 6) is 1.41. The van der Waals surface area contributed by atoms with Crippen LogP contribution < -0.4 is 10.6 Å². The van der Waals surface area contributed by atoms with E-state index in [0.717, 1.165) is 30.7 Å². The van der Waals surface area contributed by atoms with Crippen molar-refractivity contribution >= 4 is 29.9 Å². The third kappa shape index (κ3) is 10.3. The van der Waals surface area contributed by atoms with Gasteiger partial charge >= 0.3 is 6.18 Å². The predicted octanol–water partition coefficient (Wildman–Crippen LogP) is 5.01. The summed E-state index contributed by atoms with van der Waals surface area (Å²) >= 11 is 0. The minimum absolute atomic E-state index is 0. The lowest BCUT2D eigenvalue weighted by atomic mass is 10.1. The molecule has 1 aromatic carbocycles. The second kappa shape index (κ2) is 14.3. The van der Waals surface area contributed by atoms with Gasteiger partial charge in [0.15, 0.2) is 5.96 Å². The molecule has 0 fully saturated rings. The lowest BCUT2D eigenvalue weighted by molar-refractivity contribution is -0.137. The van der Waals surface area contributed by atoms with Crippen LogP contribution in [0.15, 0.2) is 52.1 Å². The summed E-state index contributed by atoms with van der Waals surface area (Å²) in [4.78, 5) is 4.44. The number of hydrogen-bond donors (Lipinski definition) is 2.